The third-order valence-electron chi connectivity index (χ3n) is 3.69. The van der Waals surface area contributed by atoms with E-state index in [1.807, 2.05) is 11.4 Å². The number of unbranched alkanes of at least 4 members (excludes halogenated alkanes) is 1. The van der Waals surface area contributed by atoms with Gasteiger partial charge in [-0.25, -0.2) is 0 Å². The number of amides is 1. The van der Waals surface area contributed by atoms with Crippen molar-refractivity contribution in [2.75, 3.05) is 6.54 Å². The zero-order valence-electron chi connectivity index (χ0n) is 13.2. The Hall–Kier alpha value is -1.98. The molecular formula is C18H22N2O2S. The van der Waals surface area contributed by atoms with Crippen molar-refractivity contribution in [3.8, 4) is 0 Å². The molecule has 0 aliphatic heterocycles. The molecule has 2 rings (SSSR count). The van der Waals surface area contributed by atoms with Gasteiger partial charge in [0.15, 0.2) is 0 Å². The van der Waals surface area contributed by atoms with Crippen molar-refractivity contribution in [2.45, 2.75) is 32.2 Å². The smallest absolute Gasteiger partial charge is 0.252 e. The number of benzene rings is 1. The molecule has 1 amide bonds. The Morgan fingerprint density at radius 2 is 1.91 bits per heavy atom. The highest BCUT2D eigenvalue weighted by Crippen LogP contribution is 2.18. The molecule has 0 bridgehead atoms. The highest BCUT2D eigenvalue weighted by atomic mass is 32.1. The van der Waals surface area contributed by atoms with Crippen LogP contribution >= 0.6 is 11.3 Å². The van der Waals surface area contributed by atoms with Gasteiger partial charge >= 0.3 is 0 Å². The van der Waals surface area contributed by atoms with Gasteiger partial charge in [-0.05, 0) is 23.9 Å². The molecule has 2 aromatic rings. The summed E-state index contributed by atoms with van der Waals surface area (Å²) in [6.45, 7) is 2.50. The lowest BCUT2D eigenvalue weighted by atomic mass is 10.0. The van der Waals surface area contributed by atoms with E-state index in [9.17, 15) is 9.59 Å². The average Bonchev–Trinajstić information content (AvgIpc) is 3.12. The number of carbonyl (C=O) groups excluding carboxylic acids is 2. The van der Waals surface area contributed by atoms with E-state index in [-0.39, 0.29) is 17.7 Å². The summed E-state index contributed by atoms with van der Waals surface area (Å²) in [5.74, 6) is -0.360. The maximum Gasteiger partial charge on any atom is 0.252 e. The maximum absolute atomic E-state index is 12.6. The molecule has 4 nitrogen and oxygen atoms in total. The van der Waals surface area contributed by atoms with E-state index in [0.717, 1.165) is 19.3 Å². The van der Waals surface area contributed by atoms with Gasteiger partial charge in [0.2, 0.25) is 5.78 Å². The van der Waals surface area contributed by atoms with Gasteiger partial charge in [0.25, 0.3) is 5.91 Å². The molecule has 122 valence electrons. The first-order chi connectivity index (χ1) is 11.2. The molecule has 23 heavy (non-hydrogen) atoms. The van der Waals surface area contributed by atoms with Crippen molar-refractivity contribution in [3.05, 3.63) is 57.8 Å². The number of thiophene rings is 1. The molecule has 0 fully saturated rings. The highest BCUT2D eigenvalue weighted by molar-refractivity contribution is 7.12. The maximum atomic E-state index is 12.6. The van der Waals surface area contributed by atoms with Gasteiger partial charge in [-0.1, -0.05) is 44.0 Å². The van der Waals surface area contributed by atoms with E-state index in [0.29, 0.717) is 22.5 Å². The lowest BCUT2D eigenvalue weighted by Crippen LogP contribution is -2.40. The minimum absolute atomic E-state index is 0.0626. The van der Waals surface area contributed by atoms with Crippen LogP contribution < -0.4 is 11.1 Å². The van der Waals surface area contributed by atoms with Crippen molar-refractivity contribution < 1.29 is 9.59 Å². The zero-order chi connectivity index (χ0) is 16.7. The number of nitrogens with two attached hydrogens (primary N) is 1. The van der Waals surface area contributed by atoms with Gasteiger partial charge in [0.05, 0.1) is 10.4 Å². The number of hydrogen-bond donors (Lipinski definition) is 2. The second-order valence-electron chi connectivity index (χ2n) is 5.40. The quantitative estimate of drug-likeness (QED) is 0.730. The Balaban J connectivity index is 2.19. The van der Waals surface area contributed by atoms with Crippen LogP contribution in [0.2, 0.25) is 0 Å². The Kier molecular flexibility index (Phi) is 6.50. The minimum atomic E-state index is -0.239. The minimum Gasteiger partial charge on any atom is -0.348 e. The van der Waals surface area contributed by atoms with Crippen molar-refractivity contribution in [2.24, 2.45) is 5.73 Å². The number of ketones is 1. The van der Waals surface area contributed by atoms with Crippen LogP contribution in [0, 0.1) is 0 Å². The van der Waals surface area contributed by atoms with E-state index in [4.69, 9.17) is 5.73 Å². The van der Waals surface area contributed by atoms with Crippen LogP contribution in [-0.2, 0) is 0 Å². The molecule has 1 unspecified atom stereocenters. The molecule has 0 spiro atoms. The largest absolute Gasteiger partial charge is 0.348 e. The number of rotatable bonds is 8. The molecular weight excluding hydrogens is 308 g/mol. The molecule has 1 atom stereocenters. The molecule has 1 aromatic carbocycles. The zero-order valence-corrected chi connectivity index (χ0v) is 14.1. The first-order valence-corrected chi connectivity index (χ1v) is 8.73. The van der Waals surface area contributed by atoms with Crippen LogP contribution in [-0.4, -0.2) is 24.3 Å². The van der Waals surface area contributed by atoms with Crippen LogP contribution in [0.25, 0.3) is 0 Å². The van der Waals surface area contributed by atoms with Crippen molar-refractivity contribution >= 4 is 23.0 Å². The van der Waals surface area contributed by atoms with Gasteiger partial charge < -0.3 is 11.1 Å². The molecule has 5 heteroatoms. The summed E-state index contributed by atoms with van der Waals surface area (Å²) in [5.41, 5.74) is 6.57. The van der Waals surface area contributed by atoms with Crippen LogP contribution in [0.15, 0.2) is 41.8 Å². The first-order valence-electron chi connectivity index (χ1n) is 7.85. The van der Waals surface area contributed by atoms with Crippen LogP contribution in [0.5, 0.6) is 0 Å². The Labute approximate surface area is 140 Å². The Morgan fingerprint density at radius 3 is 2.52 bits per heavy atom. The summed E-state index contributed by atoms with van der Waals surface area (Å²) in [6, 6.07) is 10.5. The molecule has 0 radical (unpaired) electrons. The van der Waals surface area contributed by atoms with E-state index in [1.165, 1.54) is 11.3 Å². The van der Waals surface area contributed by atoms with Gasteiger partial charge in [0.1, 0.15) is 0 Å². The van der Waals surface area contributed by atoms with Crippen molar-refractivity contribution in [3.63, 3.8) is 0 Å². The second-order valence-corrected chi connectivity index (χ2v) is 6.35. The molecule has 1 aromatic heterocycles. The summed E-state index contributed by atoms with van der Waals surface area (Å²) in [4.78, 5) is 25.8. The van der Waals surface area contributed by atoms with E-state index in [2.05, 4.69) is 12.2 Å². The predicted molar refractivity (Wildman–Crippen MR) is 94.0 cm³/mol. The fourth-order valence-electron chi connectivity index (χ4n) is 2.38. The van der Waals surface area contributed by atoms with Crippen LogP contribution in [0.3, 0.4) is 0 Å². The van der Waals surface area contributed by atoms with Gasteiger partial charge in [-0.15, -0.1) is 11.3 Å². The van der Waals surface area contributed by atoms with E-state index in [1.54, 1.807) is 30.3 Å². The third kappa shape index (κ3) is 4.50. The SMILES string of the molecule is CCCCC(CN)NC(=O)c1ccccc1C(=O)c1cccs1. The van der Waals surface area contributed by atoms with Gasteiger partial charge in [-0.2, -0.15) is 0 Å². The number of carbonyl (C=O) groups is 2. The lowest BCUT2D eigenvalue weighted by Gasteiger charge is -2.17. The number of nitrogens with one attached hydrogen (secondary N) is 1. The fourth-order valence-corrected chi connectivity index (χ4v) is 3.06. The summed E-state index contributed by atoms with van der Waals surface area (Å²) in [5, 5.41) is 4.80. The Morgan fingerprint density at radius 1 is 1.17 bits per heavy atom. The fraction of sp³-hybridized carbons (Fsp3) is 0.333. The third-order valence-corrected chi connectivity index (χ3v) is 4.56. The first kappa shape index (κ1) is 17.4. The van der Waals surface area contributed by atoms with Gasteiger partial charge in [-0.3, -0.25) is 9.59 Å². The van der Waals surface area contributed by atoms with E-state index < -0.39 is 0 Å². The summed E-state index contributed by atoms with van der Waals surface area (Å²) in [6.07, 6.45) is 2.91. The highest BCUT2D eigenvalue weighted by Gasteiger charge is 2.20. The summed E-state index contributed by atoms with van der Waals surface area (Å²) in [7, 11) is 0. The summed E-state index contributed by atoms with van der Waals surface area (Å²) < 4.78 is 0. The Bertz CT molecular complexity index is 653. The second kappa shape index (κ2) is 8.60. The topological polar surface area (TPSA) is 72.2 Å². The van der Waals surface area contributed by atoms with Crippen LogP contribution in [0.1, 0.15) is 51.8 Å². The van der Waals surface area contributed by atoms with Gasteiger partial charge in [0, 0.05) is 18.2 Å². The molecule has 0 saturated heterocycles. The van der Waals surface area contributed by atoms with Crippen molar-refractivity contribution in [1.29, 1.82) is 0 Å². The molecule has 0 aliphatic carbocycles. The lowest BCUT2D eigenvalue weighted by molar-refractivity contribution is 0.0926. The molecule has 0 saturated carbocycles. The number of hydrogen-bond acceptors (Lipinski definition) is 4. The normalized spacial score (nSPS) is 11.9. The monoisotopic (exact) mass is 330 g/mol. The standard InChI is InChI=1S/C18H22N2O2S/c1-2-3-7-13(12-19)20-18(22)15-9-5-4-8-14(15)17(21)16-10-6-11-23-16/h4-6,8-11,13H,2-3,7,12,19H2,1H3,(H,20,22). The summed E-state index contributed by atoms with van der Waals surface area (Å²) >= 11 is 1.37. The molecule has 3 N–H and O–H groups in total. The molecule has 0 aliphatic rings. The van der Waals surface area contributed by atoms with Crippen LogP contribution in [0.4, 0.5) is 0 Å². The predicted octanol–water partition coefficient (Wildman–Crippen LogP) is 3.23. The van der Waals surface area contributed by atoms with E-state index >= 15 is 0 Å². The van der Waals surface area contributed by atoms with Crippen molar-refractivity contribution in [1.82, 2.24) is 5.32 Å². The molecule has 1 heterocycles. The average molecular weight is 330 g/mol.